The molecule has 3 heterocycles. The van der Waals surface area contributed by atoms with E-state index < -0.39 is 0 Å². The van der Waals surface area contributed by atoms with E-state index >= 15 is 0 Å². The lowest BCUT2D eigenvalue weighted by molar-refractivity contribution is -0.00720. The van der Waals surface area contributed by atoms with Crippen molar-refractivity contribution in [3.63, 3.8) is 0 Å². The molecule has 3 atom stereocenters. The van der Waals surface area contributed by atoms with Gasteiger partial charge in [0.2, 0.25) is 11.8 Å². The molecule has 0 radical (unpaired) electrons. The first-order valence-corrected chi connectivity index (χ1v) is 7.32. The van der Waals surface area contributed by atoms with Gasteiger partial charge in [-0.05, 0) is 19.8 Å². The molecule has 0 spiro atoms. The molecule has 0 aliphatic carbocycles. The second kappa shape index (κ2) is 6.05. The number of nitrogen functional groups attached to an aromatic ring is 1. The molecule has 8 nitrogen and oxygen atoms in total. The van der Waals surface area contributed by atoms with E-state index in [9.17, 15) is 0 Å². The normalized spacial score (nSPS) is 25.0. The van der Waals surface area contributed by atoms with E-state index in [1.165, 1.54) is 7.11 Å². The van der Waals surface area contributed by atoms with Gasteiger partial charge in [0.15, 0.2) is 11.2 Å². The predicted molar refractivity (Wildman–Crippen MR) is 80.5 cm³/mol. The van der Waals surface area contributed by atoms with Gasteiger partial charge in [-0.25, -0.2) is 4.98 Å². The summed E-state index contributed by atoms with van der Waals surface area (Å²) in [6.07, 6.45) is 3.66. The Balaban J connectivity index is 2.00. The van der Waals surface area contributed by atoms with Gasteiger partial charge in [-0.1, -0.05) is 0 Å². The van der Waals surface area contributed by atoms with E-state index in [1.54, 1.807) is 13.4 Å². The fourth-order valence-electron chi connectivity index (χ4n) is 3.01. The zero-order valence-electron chi connectivity index (χ0n) is 13.0. The first-order valence-electron chi connectivity index (χ1n) is 7.32. The summed E-state index contributed by atoms with van der Waals surface area (Å²) in [6, 6.07) is 0. The van der Waals surface area contributed by atoms with Gasteiger partial charge < -0.3 is 19.9 Å². The summed E-state index contributed by atoms with van der Waals surface area (Å²) in [5.74, 6) is 0.876. The first kappa shape index (κ1) is 15.0. The Labute approximate surface area is 128 Å². The van der Waals surface area contributed by atoms with Crippen LogP contribution < -0.4 is 10.5 Å². The lowest BCUT2D eigenvalue weighted by atomic mass is 10.00. The Hall–Kier alpha value is -1.93. The van der Waals surface area contributed by atoms with E-state index in [-0.39, 0.29) is 18.3 Å². The van der Waals surface area contributed by atoms with E-state index in [0.29, 0.717) is 29.6 Å². The van der Waals surface area contributed by atoms with Crippen LogP contribution in [0.5, 0.6) is 5.88 Å². The third kappa shape index (κ3) is 2.59. The number of rotatable bonds is 5. The van der Waals surface area contributed by atoms with Crippen LogP contribution in [0.15, 0.2) is 6.33 Å². The van der Waals surface area contributed by atoms with Gasteiger partial charge in [0.1, 0.15) is 6.23 Å². The quantitative estimate of drug-likeness (QED) is 0.891. The van der Waals surface area contributed by atoms with E-state index in [1.807, 2.05) is 4.57 Å². The van der Waals surface area contributed by atoms with Crippen molar-refractivity contribution < 1.29 is 14.2 Å². The molecule has 120 valence electrons. The van der Waals surface area contributed by atoms with Crippen LogP contribution in [0.1, 0.15) is 26.0 Å². The highest BCUT2D eigenvalue weighted by Crippen LogP contribution is 2.38. The van der Waals surface area contributed by atoms with Gasteiger partial charge in [-0.2, -0.15) is 9.97 Å². The van der Waals surface area contributed by atoms with Crippen LogP contribution >= 0.6 is 0 Å². The van der Waals surface area contributed by atoms with Crippen molar-refractivity contribution in [3.05, 3.63) is 6.33 Å². The minimum Gasteiger partial charge on any atom is -0.479 e. The standard InChI is InChI=1S/C14H21N5O3/c1-8-6-9(4-5-20-2)13(22-8)19-7-16-10-11(19)17-14(15)18-12(10)21-3/h7-9,13H,4-6H2,1-3H3,(H2,15,17,18). The molecule has 2 N–H and O–H groups in total. The van der Waals surface area contributed by atoms with Crippen molar-refractivity contribution in [2.24, 2.45) is 5.92 Å². The molecule has 1 aliphatic heterocycles. The third-order valence-corrected chi connectivity index (χ3v) is 3.98. The fourth-order valence-corrected chi connectivity index (χ4v) is 3.01. The van der Waals surface area contributed by atoms with Gasteiger partial charge in [-0.3, -0.25) is 4.57 Å². The molecule has 1 aliphatic rings. The van der Waals surface area contributed by atoms with Gasteiger partial charge in [0.05, 0.1) is 19.5 Å². The Bertz CT molecular complexity index is 659. The van der Waals surface area contributed by atoms with Crippen LogP contribution in [0, 0.1) is 5.92 Å². The van der Waals surface area contributed by atoms with Gasteiger partial charge in [-0.15, -0.1) is 0 Å². The molecule has 2 aromatic heterocycles. The van der Waals surface area contributed by atoms with Crippen LogP contribution in [0.4, 0.5) is 5.95 Å². The smallest absolute Gasteiger partial charge is 0.246 e. The van der Waals surface area contributed by atoms with Crippen LogP contribution in [0.2, 0.25) is 0 Å². The van der Waals surface area contributed by atoms with Crippen LogP contribution in [-0.2, 0) is 9.47 Å². The topological polar surface area (TPSA) is 97.3 Å². The summed E-state index contributed by atoms with van der Waals surface area (Å²) in [7, 11) is 3.25. The van der Waals surface area contributed by atoms with Crippen molar-refractivity contribution in [1.82, 2.24) is 19.5 Å². The van der Waals surface area contributed by atoms with Crippen LogP contribution in [0.25, 0.3) is 11.2 Å². The van der Waals surface area contributed by atoms with Crippen LogP contribution in [0.3, 0.4) is 0 Å². The molecule has 0 saturated carbocycles. The second-order valence-electron chi connectivity index (χ2n) is 5.53. The third-order valence-electron chi connectivity index (χ3n) is 3.98. The molecule has 22 heavy (non-hydrogen) atoms. The lowest BCUT2D eigenvalue weighted by Crippen LogP contribution is -2.17. The van der Waals surface area contributed by atoms with E-state index in [2.05, 4.69) is 21.9 Å². The van der Waals surface area contributed by atoms with Crippen molar-refractivity contribution in [1.29, 1.82) is 0 Å². The monoisotopic (exact) mass is 307 g/mol. The number of anilines is 1. The number of hydrogen-bond acceptors (Lipinski definition) is 7. The lowest BCUT2D eigenvalue weighted by Gasteiger charge is -2.20. The predicted octanol–water partition coefficient (Wildman–Crippen LogP) is 1.38. The molecule has 1 fully saturated rings. The molecule has 0 aromatic carbocycles. The summed E-state index contributed by atoms with van der Waals surface area (Å²) in [5.41, 5.74) is 6.98. The molecule has 0 amide bonds. The molecule has 1 saturated heterocycles. The van der Waals surface area contributed by atoms with Crippen molar-refractivity contribution in [2.75, 3.05) is 26.6 Å². The molecule has 3 rings (SSSR count). The number of methoxy groups -OCH3 is 2. The second-order valence-corrected chi connectivity index (χ2v) is 5.53. The Kier molecular flexibility index (Phi) is 4.12. The zero-order chi connectivity index (χ0) is 15.7. The molecule has 0 bridgehead atoms. The van der Waals surface area contributed by atoms with Crippen LogP contribution in [-0.4, -0.2) is 46.4 Å². The molecular formula is C14H21N5O3. The van der Waals surface area contributed by atoms with Gasteiger partial charge in [0.25, 0.3) is 0 Å². The minimum absolute atomic E-state index is 0.130. The first-order chi connectivity index (χ1) is 10.6. The van der Waals surface area contributed by atoms with Crippen molar-refractivity contribution in [3.8, 4) is 5.88 Å². The minimum atomic E-state index is -0.130. The molecular weight excluding hydrogens is 286 g/mol. The number of ether oxygens (including phenoxy) is 3. The Morgan fingerprint density at radius 3 is 2.95 bits per heavy atom. The van der Waals surface area contributed by atoms with Gasteiger partial charge >= 0.3 is 0 Å². The number of nitrogens with two attached hydrogens (primary N) is 1. The molecule has 8 heteroatoms. The molecule has 3 unspecified atom stereocenters. The summed E-state index contributed by atoms with van der Waals surface area (Å²) >= 11 is 0. The highest BCUT2D eigenvalue weighted by atomic mass is 16.5. The van der Waals surface area contributed by atoms with Crippen molar-refractivity contribution in [2.45, 2.75) is 32.1 Å². The summed E-state index contributed by atoms with van der Waals surface area (Å²) in [5, 5.41) is 0. The summed E-state index contributed by atoms with van der Waals surface area (Å²) in [4.78, 5) is 12.7. The summed E-state index contributed by atoms with van der Waals surface area (Å²) in [6.45, 7) is 2.77. The largest absolute Gasteiger partial charge is 0.479 e. The van der Waals surface area contributed by atoms with E-state index in [0.717, 1.165) is 12.8 Å². The number of nitrogens with zero attached hydrogens (tertiary/aromatic N) is 4. The highest BCUT2D eigenvalue weighted by molar-refractivity contribution is 5.77. The number of fused-ring (bicyclic) bond motifs is 1. The highest BCUT2D eigenvalue weighted by Gasteiger charge is 2.35. The number of imidazole rings is 1. The molecule has 2 aromatic rings. The number of hydrogen-bond donors (Lipinski definition) is 1. The number of aromatic nitrogens is 4. The average molecular weight is 307 g/mol. The SMILES string of the molecule is COCCC1CC(C)OC1n1cnc2c(OC)nc(N)nc21. The Morgan fingerprint density at radius 2 is 2.23 bits per heavy atom. The average Bonchev–Trinajstić information content (AvgIpc) is 3.07. The summed E-state index contributed by atoms with van der Waals surface area (Å²) < 4.78 is 18.4. The van der Waals surface area contributed by atoms with E-state index in [4.69, 9.17) is 19.9 Å². The Morgan fingerprint density at radius 1 is 1.41 bits per heavy atom. The maximum atomic E-state index is 6.06. The van der Waals surface area contributed by atoms with Crippen molar-refractivity contribution >= 4 is 17.1 Å². The van der Waals surface area contributed by atoms with Gasteiger partial charge in [0, 0.05) is 19.6 Å². The zero-order valence-corrected chi connectivity index (χ0v) is 13.0. The maximum absolute atomic E-state index is 6.06. The maximum Gasteiger partial charge on any atom is 0.246 e. The fraction of sp³-hybridized carbons (Fsp3) is 0.643.